The van der Waals surface area contributed by atoms with Crippen LogP contribution in [-0.2, 0) is 9.53 Å². The van der Waals surface area contributed by atoms with E-state index in [9.17, 15) is 20.1 Å². The predicted octanol–water partition coefficient (Wildman–Crippen LogP) is -1.54. The third-order valence-corrected chi connectivity index (χ3v) is 2.73. The molecule has 0 unspecified atom stereocenters. The third-order valence-electron chi connectivity index (χ3n) is 2.73. The van der Waals surface area contributed by atoms with Gasteiger partial charge in [0.25, 0.3) is 0 Å². The number of rotatable bonds is 2. The molecule has 92 valence electrons. The van der Waals surface area contributed by atoms with Crippen LogP contribution in [0, 0.1) is 0 Å². The highest BCUT2D eigenvalue weighted by molar-refractivity contribution is 5.86. The highest BCUT2D eigenvalue weighted by atomic mass is 16.5. The van der Waals surface area contributed by atoms with Crippen LogP contribution in [0.4, 0.5) is 0 Å². The lowest BCUT2D eigenvalue weighted by atomic mass is 9.98. The Bertz CT molecular complexity index is 282. The Labute approximate surface area is 93.7 Å². The molecule has 0 spiro atoms. The molecule has 5 atom stereocenters. The number of nitrogens with zero attached hydrogens (tertiary/aromatic N) is 1. The summed E-state index contributed by atoms with van der Waals surface area (Å²) in [6.45, 7) is 4.87. The van der Waals surface area contributed by atoms with Crippen molar-refractivity contribution >= 4 is 5.91 Å². The Hall–Kier alpha value is -0.950. The summed E-state index contributed by atoms with van der Waals surface area (Å²) < 4.78 is 5.26. The predicted molar refractivity (Wildman–Crippen MR) is 55.3 cm³/mol. The standard InChI is InChI=1S/C10H17NO5/c1-4-6(12)11(3)10-9(15)8(14)7(13)5(2)16-10/h4-5,7-10,13-15H,1H2,2-3H3/t5-,7-,8+,9+,10+/m0/s1. The molecular formula is C10H17NO5. The molecule has 6 nitrogen and oxygen atoms in total. The molecular weight excluding hydrogens is 214 g/mol. The van der Waals surface area contributed by atoms with Crippen molar-refractivity contribution in [2.24, 2.45) is 0 Å². The monoisotopic (exact) mass is 231 g/mol. The smallest absolute Gasteiger partial charge is 0.247 e. The number of carbonyl (C=O) groups is 1. The quantitative estimate of drug-likeness (QED) is 0.501. The van der Waals surface area contributed by atoms with Gasteiger partial charge in [0.1, 0.15) is 18.3 Å². The van der Waals surface area contributed by atoms with Crippen LogP contribution < -0.4 is 0 Å². The van der Waals surface area contributed by atoms with Gasteiger partial charge in [-0.05, 0) is 13.0 Å². The third kappa shape index (κ3) is 2.25. The Balaban J connectivity index is 2.81. The second-order valence-corrected chi connectivity index (χ2v) is 3.86. The highest BCUT2D eigenvalue weighted by Crippen LogP contribution is 2.22. The van der Waals surface area contributed by atoms with E-state index in [0.29, 0.717) is 0 Å². The number of carbonyl (C=O) groups excluding carboxylic acids is 1. The summed E-state index contributed by atoms with van der Waals surface area (Å²) in [5.74, 6) is -0.431. The fourth-order valence-corrected chi connectivity index (χ4v) is 1.62. The van der Waals surface area contributed by atoms with Crippen LogP contribution in [-0.4, -0.2) is 63.8 Å². The SMILES string of the molecule is C=CC(=O)N(C)[C@@H]1O[C@@H](C)[C@H](O)[C@@H](O)[C@H]1O. The average Bonchev–Trinajstić information content (AvgIpc) is 2.29. The van der Waals surface area contributed by atoms with E-state index >= 15 is 0 Å². The molecule has 0 aromatic heterocycles. The second kappa shape index (κ2) is 4.92. The van der Waals surface area contributed by atoms with E-state index in [1.165, 1.54) is 7.05 Å². The molecule has 1 rings (SSSR count). The van der Waals surface area contributed by atoms with Crippen molar-refractivity contribution in [3.05, 3.63) is 12.7 Å². The molecule has 1 aliphatic heterocycles. The summed E-state index contributed by atoms with van der Waals surface area (Å²) in [4.78, 5) is 12.5. The van der Waals surface area contributed by atoms with Crippen LogP contribution in [0.25, 0.3) is 0 Å². The average molecular weight is 231 g/mol. The van der Waals surface area contributed by atoms with E-state index in [1.54, 1.807) is 6.92 Å². The zero-order valence-electron chi connectivity index (χ0n) is 9.28. The number of likely N-dealkylation sites (N-methyl/N-ethyl adjacent to an activating group) is 1. The zero-order chi connectivity index (χ0) is 12.5. The van der Waals surface area contributed by atoms with E-state index in [1.807, 2.05) is 0 Å². The first-order valence-corrected chi connectivity index (χ1v) is 4.99. The van der Waals surface area contributed by atoms with Gasteiger partial charge in [-0.2, -0.15) is 0 Å². The molecule has 1 saturated heterocycles. The molecule has 6 heteroatoms. The minimum atomic E-state index is -1.35. The maximum absolute atomic E-state index is 11.3. The summed E-state index contributed by atoms with van der Waals surface area (Å²) >= 11 is 0. The highest BCUT2D eigenvalue weighted by Gasteiger charge is 2.44. The lowest BCUT2D eigenvalue weighted by molar-refractivity contribution is -0.248. The van der Waals surface area contributed by atoms with Crippen LogP contribution in [0.5, 0.6) is 0 Å². The molecule has 0 aromatic rings. The molecule has 0 aliphatic carbocycles. The molecule has 0 bridgehead atoms. The minimum absolute atomic E-state index is 0.431. The largest absolute Gasteiger partial charge is 0.388 e. The van der Waals surface area contributed by atoms with E-state index < -0.39 is 36.6 Å². The van der Waals surface area contributed by atoms with Gasteiger partial charge in [-0.25, -0.2) is 0 Å². The summed E-state index contributed by atoms with van der Waals surface area (Å²) in [6.07, 6.45) is -4.42. The summed E-state index contributed by atoms with van der Waals surface area (Å²) in [5.41, 5.74) is 0. The first-order chi connectivity index (χ1) is 7.40. The Kier molecular flexibility index (Phi) is 4.03. The molecule has 1 heterocycles. The summed E-state index contributed by atoms with van der Waals surface area (Å²) in [6, 6.07) is 0. The number of ether oxygens (including phenoxy) is 1. The van der Waals surface area contributed by atoms with E-state index in [4.69, 9.17) is 4.74 Å². The maximum Gasteiger partial charge on any atom is 0.247 e. The van der Waals surface area contributed by atoms with E-state index in [-0.39, 0.29) is 0 Å². The topological polar surface area (TPSA) is 90.2 Å². The Morgan fingerprint density at radius 3 is 2.38 bits per heavy atom. The molecule has 3 N–H and O–H groups in total. The van der Waals surface area contributed by atoms with Crippen molar-refractivity contribution in [1.29, 1.82) is 0 Å². The van der Waals surface area contributed by atoms with Gasteiger partial charge in [-0.15, -0.1) is 0 Å². The first-order valence-electron chi connectivity index (χ1n) is 4.99. The van der Waals surface area contributed by atoms with Crippen molar-refractivity contribution in [3.8, 4) is 0 Å². The molecule has 0 radical (unpaired) electrons. The Morgan fingerprint density at radius 1 is 1.31 bits per heavy atom. The van der Waals surface area contributed by atoms with Crippen LogP contribution >= 0.6 is 0 Å². The van der Waals surface area contributed by atoms with Gasteiger partial charge in [0.2, 0.25) is 5.91 Å². The number of hydrogen-bond donors (Lipinski definition) is 3. The Morgan fingerprint density at radius 2 is 1.88 bits per heavy atom. The van der Waals surface area contributed by atoms with Crippen LogP contribution in [0.2, 0.25) is 0 Å². The normalized spacial score (nSPS) is 39.2. The molecule has 16 heavy (non-hydrogen) atoms. The van der Waals surface area contributed by atoms with Crippen molar-refractivity contribution < 1.29 is 24.9 Å². The zero-order valence-corrected chi connectivity index (χ0v) is 9.28. The summed E-state index contributed by atoms with van der Waals surface area (Å²) in [5, 5.41) is 28.7. The molecule has 1 aliphatic rings. The molecule has 0 saturated carbocycles. The van der Waals surface area contributed by atoms with Crippen molar-refractivity contribution in [1.82, 2.24) is 4.90 Å². The van der Waals surface area contributed by atoms with Gasteiger partial charge in [-0.3, -0.25) is 4.79 Å². The number of aliphatic hydroxyl groups excluding tert-OH is 3. The number of aliphatic hydroxyl groups is 3. The van der Waals surface area contributed by atoms with Crippen molar-refractivity contribution in [2.45, 2.75) is 37.6 Å². The van der Waals surface area contributed by atoms with E-state index in [0.717, 1.165) is 11.0 Å². The fourth-order valence-electron chi connectivity index (χ4n) is 1.62. The van der Waals surface area contributed by atoms with Crippen molar-refractivity contribution in [3.63, 3.8) is 0 Å². The van der Waals surface area contributed by atoms with E-state index in [2.05, 4.69) is 6.58 Å². The van der Waals surface area contributed by atoms with Crippen LogP contribution in [0.1, 0.15) is 6.92 Å². The maximum atomic E-state index is 11.3. The van der Waals surface area contributed by atoms with Gasteiger partial charge in [0.05, 0.1) is 6.10 Å². The molecule has 1 amide bonds. The van der Waals surface area contributed by atoms with Crippen LogP contribution in [0.3, 0.4) is 0 Å². The summed E-state index contributed by atoms with van der Waals surface area (Å²) in [7, 11) is 1.43. The van der Waals surface area contributed by atoms with Crippen LogP contribution in [0.15, 0.2) is 12.7 Å². The first kappa shape index (κ1) is 13.1. The number of amides is 1. The fraction of sp³-hybridized carbons (Fsp3) is 0.700. The van der Waals surface area contributed by atoms with Gasteiger partial charge >= 0.3 is 0 Å². The second-order valence-electron chi connectivity index (χ2n) is 3.86. The minimum Gasteiger partial charge on any atom is -0.388 e. The lowest BCUT2D eigenvalue weighted by Gasteiger charge is -2.42. The van der Waals surface area contributed by atoms with Gasteiger partial charge in [0, 0.05) is 7.05 Å². The number of hydrogen-bond acceptors (Lipinski definition) is 5. The lowest BCUT2D eigenvalue weighted by Crippen LogP contribution is -2.61. The molecule has 1 fully saturated rings. The molecule has 0 aromatic carbocycles. The van der Waals surface area contributed by atoms with Gasteiger partial charge in [-0.1, -0.05) is 6.58 Å². The van der Waals surface area contributed by atoms with Gasteiger partial charge in [0.15, 0.2) is 6.23 Å². The van der Waals surface area contributed by atoms with Gasteiger partial charge < -0.3 is 25.0 Å². The van der Waals surface area contributed by atoms with Crippen molar-refractivity contribution in [2.75, 3.05) is 7.05 Å².